The Morgan fingerprint density at radius 3 is 1.07 bits per heavy atom. The Morgan fingerprint density at radius 2 is 0.569 bits per heavy atom. The van der Waals surface area contributed by atoms with Gasteiger partial charge in [0.1, 0.15) is 0 Å². The molecule has 2 heterocycles. The second-order valence-corrected chi connectivity index (χ2v) is 32.9. The van der Waals surface area contributed by atoms with Gasteiger partial charge in [-0.2, -0.15) is 0 Å². The van der Waals surface area contributed by atoms with Gasteiger partial charge in [-0.05, 0) is 256 Å². The lowest BCUT2D eigenvalue weighted by molar-refractivity contribution is 0.770. The van der Waals surface area contributed by atoms with Gasteiger partial charge in [0.15, 0.2) is 0 Å². The van der Waals surface area contributed by atoms with Crippen molar-refractivity contribution >= 4 is 110 Å². The third kappa shape index (κ3) is 12.9. The zero-order valence-electron chi connectivity index (χ0n) is 67.4. The Hall–Kier alpha value is -15.4. The zero-order chi connectivity index (χ0) is 81.8. The van der Waals surface area contributed by atoms with Gasteiger partial charge in [0.05, 0.1) is 32.9 Å². The van der Waals surface area contributed by atoms with Crippen molar-refractivity contribution in [3.63, 3.8) is 0 Å². The standard InChI is InChI=1S/C59H40N2.C41H29N.C18H12BrN/c1-5-18-41(19-6-1)42-22-17-25-46(36-42)59(45-23-7-2-8-24-45)55-38-44-21-14-13-20-43(44)37-54(55)51-34-32-49(39-56(51)59)60(47-26-9-3-10-27-47)50-33-35-53-52-30-15-16-31-57(52)61(58(53)40-50)48-28-11-4-12-29-48;1-4-13-29(14-5-1)30-17-12-20-34(25-30)41(33-18-6-2-7-19-33)39-27-32-16-11-10-15-31(32)26-38(39)37-24-23-36(28-40(37)41)42-35-21-8-3-9-22-35;19-13-10-11-16-15-8-4-5-9-17(15)20(18(16)12-13)14-6-2-1-3-7-14/h1-40H;1-28,42H;1-12H. The highest BCUT2D eigenvalue weighted by Gasteiger charge is 2.49. The molecule has 0 radical (unpaired) electrons. The minimum Gasteiger partial charge on any atom is -0.356 e. The second-order valence-electron chi connectivity index (χ2n) is 32.0. The normalized spacial score (nSPS) is 14.1. The highest BCUT2D eigenvalue weighted by Crippen LogP contribution is 2.61. The summed E-state index contributed by atoms with van der Waals surface area (Å²) in [5, 5.41) is 13.7. The van der Waals surface area contributed by atoms with Crippen LogP contribution in [-0.4, -0.2) is 9.13 Å². The third-order valence-corrected chi connectivity index (χ3v) is 25.6. The van der Waals surface area contributed by atoms with Crippen LogP contribution in [0.5, 0.6) is 0 Å². The number of aromatic nitrogens is 2. The van der Waals surface area contributed by atoms with E-state index >= 15 is 0 Å². The predicted molar refractivity (Wildman–Crippen MR) is 521 cm³/mol. The monoisotopic (exact) mass is 1630 g/mol. The molecule has 0 amide bonds. The highest BCUT2D eigenvalue weighted by atomic mass is 79.9. The van der Waals surface area contributed by atoms with Crippen LogP contribution in [0.1, 0.15) is 44.5 Å². The Balaban J connectivity index is 0.000000125. The number of hydrogen-bond donors (Lipinski definition) is 1. The molecule has 24 rings (SSSR count). The fraction of sp³-hybridized carbons (Fsp3) is 0.0169. The minimum atomic E-state index is -0.608. The summed E-state index contributed by atoms with van der Waals surface area (Å²) in [4.78, 5) is 2.43. The van der Waals surface area contributed by atoms with E-state index < -0.39 is 10.8 Å². The first-order valence-electron chi connectivity index (χ1n) is 42.2. The molecule has 0 bridgehead atoms. The molecule has 0 aliphatic heterocycles. The van der Waals surface area contributed by atoms with E-state index in [1.165, 1.54) is 160 Å². The van der Waals surface area contributed by atoms with E-state index in [-0.39, 0.29) is 0 Å². The van der Waals surface area contributed by atoms with Gasteiger partial charge in [-0.1, -0.05) is 356 Å². The lowest BCUT2D eigenvalue weighted by atomic mass is 9.67. The molecule has 0 saturated carbocycles. The summed E-state index contributed by atoms with van der Waals surface area (Å²) in [6.45, 7) is 0. The Kier molecular flexibility index (Phi) is 18.9. The highest BCUT2D eigenvalue weighted by molar-refractivity contribution is 9.10. The van der Waals surface area contributed by atoms with E-state index in [1.807, 2.05) is 6.07 Å². The van der Waals surface area contributed by atoms with Crippen LogP contribution < -0.4 is 10.2 Å². The van der Waals surface area contributed by atoms with Gasteiger partial charge in [-0.25, -0.2) is 0 Å². The number of anilines is 5. The fourth-order valence-electron chi connectivity index (χ4n) is 19.8. The van der Waals surface area contributed by atoms with Crippen molar-refractivity contribution in [3.05, 3.63) is 534 Å². The van der Waals surface area contributed by atoms with Crippen LogP contribution in [0.2, 0.25) is 0 Å². The van der Waals surface area contributed by atoms with Gasteiger partial charge in [-0.3, -0.25) is 0 Å². The smallest absolute Gasteiger partial charge is 0.0714 e. The quantitative estimate of drug-likeness (QED) is 0.124. The molecule has 4 nitrogen and oxygen atoms in total. The van der Waals surface area contributed by atoms with Crippen LogP contribution in [0.3, 0.4) is 0 Å². The van der Waals surface area contributed by atoms with Gasteiger partial charge < -0.3 is 19.4 Å². The van der Waals surface area contributed by atoms with Crippen LogP contribution in [0.15, 0.2) is 490 Å². The van der Waals surface area contributed by atoms with E-state index in [1.54, 1.807) is 0 Å². The molecule has 123 heavy (non-hydrogen) atoms. The van der Waals surface area contributed by atoms with Crippen molar-refractivity contribution in [3.8, 4) is 55.9 Å². The Morgan fingerprint density at radius 1 is 0.211 bits per heavy atom. The maximum atomic E-state index is 3.67. The van der Waals surface area contributed by atoms with Crippen LogP contribution in [-0.2, 0) is 10.8 Å². The zero-order valence-corrected chi connectivity index (χ0v) is 69.0. The number of halogens is 1. The first-order chi connectivity index (χ1) is 60.9. The topological polar surface area (TPSA) is 25.1 Å². The van der Waals surface area contributed by atoms with Gasteiger partial charge >= 0.3 is 0 Å². The van der Waals surface area contributed by atoms with Crippen molar-refractivity contribution in [1.82, 2.24) is 9.13 Å². The first-order valence-corrected chi connectivity index (χ1v) is 43.0. The molecule has 22 aromatic rings. The summed E-state index contributed by atoms with van der Waals surface area (Å²) < 4.78 is 5.82. The molecular formula is C118H81BrN4. The van der Waals surface area contributed by atoms with Crippen molar-refractivity contribution in [2.75, 3.05) is 10.2 Å². The lowest BCUT2D eigenvalue weighted by Crippen LogP contribution is -2.29. The molecular weight excluding hydrogens is 1550 g/mol. The van der Waals surface area contributed by atoms with Crippen LogP contribution in [0.4, 0.5) is 28.4 Å². The molecule has 2 aliphatic rings. The Bertz CT molecular complexity index is 7700. The molecule has 0 spiro atoms. The molecule has 2 unspecified atom stereocenters. The summed E-state index contributed by atoms with van der Waals surface area (Å²) in [7, 11) is 0. The maximum Gasteiger partial charge on any atom is 0.0714 e. The molecule has 5 heteroatoms. The maximum absolute atomic E-state index is 3.67. The summed E-state index contributed by atoms with van der Waals surface area (Å²) in [5.41, 5.74) is 31.7. The molecule has 2 aliphatic carbocycles. The number of para-hydroxylation sites is 6. The molecule has 0 fully saturated rings. The number of benzene rings is 20. The van der Waals surface area contributed by atoms with E-state index in [2.05, 4.69) is 515 Å². The van der Waals surface area contributed by atoms with Crippen LogP contribution in [0, 0.1) is 0 Å². The number of rotatable bonds is 13. The van der Waals surface area contributed by atoms with Crippen molar-refractivity contribution in [2.45, 2.75) is 10.8 Å². The van der Waals surface area contributed by atoms with Gasteiger partial charge in [0, 0.05) is 65.8 Å². The number of fused-ring (bicyclic) bond motifs is 14. The number of nitrogens with one attached hydrogen (secondary N) is 1. The van der Waals surface area contributed by atoms with Gasteiger partial charge in [0.25, 0.3) is 0 Å². The Labute approximate surface area is 724 Å². The minimum absolute atomic E-state index is 0.491. The van der Waals surface area contributed by atoms with Gasteiger partial charge in [0.2, 0.25) is 0 Å². The first kappa shape index (κ1) is 73.9. The van der Waals surface area contributed by atoms with Crippen molar-refractivity contribution < 1.29 is 0 Å². The third-order valence-electron chi connectivity index (χ3n) is 25.1. The van der Waals surface area contributed by atoms with E-state index in [0.717, 1.165) is 38.6 Å². The van der Waals surface area contributed by atoms with Crippen LogP contribution >= 0.6 is 15.9 Å². The second kappa shape index (κ2) is 31.4. The number of hydrogen-bond acceptors (Lipinski definition) is 2. The lowest BCUT2D eigenvalue weighted by Gasteiger charge is -2.35. The van der Waals surface area contributed by atoms with Crippen molar-refractivity contribution in [2.24, 2.45) is 0 Å². The van der Waals surface area contributed by atoms with Crippen LogP contribution in [0.25, 0.3) is 121 Å². The molecule has 2 atom stereocenters. The molecule has 580 valence electrons. The summed E-state index contributed by atoms with van der Waals surface area (Å²) >= 11 is 3.58. The van der Waals surface area contributed by atoms with Crippen molar-refractivity contribution in [1.29, 1.82) is 0 Å². The largest absolute Gasteiger partial charge is 0.356 e. The summed E-state index contributed by atoms with van der Waals surface area (Å²) in [6.07, 6.45) is 0. The predicted octanol–water partition coefficient (Wildman–Crippen LogP) is 31.6. The average molecular weight is 1630 g/mol. The SMILES string of the molecule is Brc1ccc2c3ccccc3n(-c3ccccc3)c2c1.c1ccc(-c2cccc(C3(c4ccccc4)c4cc(N(c5ccccc5)c5ccc6c7ccccc7n(-c7ccccc7)c6c5)ccc4-c4cc5ccccc5cc43)c2)cc1.c1ccc(Nc2ccc3c(c2)C(c2ccccc2)(c2cccc(-c4ccccc4)c2)c2cc4ccccc4cc2-3)cc1. The van der Waals surface area contributed by atoms with E-state index in [0.29, 0.717) is 0 Å². The summed E-state index contributed by atoms with van der Waals surface area (Å²) in [6, 6.07) is 177. The van der Waals surface area contributed by atoms with Gasteiger partial charge in [-0.15, -0.1) is 0 Å². The number of nitrogens with zero attached hydrogens (tertiary/aromatic N) is 3. The molecule has 2 aromatic heterocycles. The fourth-order valence-corrected chi connectivity index (χ4v) is 20.1. The molecule has 20 aromatic carbocycles. The molecule has 1 N–H and O–H groups in total. The van der Waals surface area contributed by atoms with E-state index in [4.69, 9.17) is 0 Å². The summed E-state index contributed by atoms with van der Waals surface area (Å²) in [5.74, 6) is 0. The molecule has 0 saturated heterocycles. The average Bonchev–Trinajstić information content (AvgIpc) is 1.53. The van der Waals surface area contributed by atoms with E-state index in [9.17, 15) is 0 Å².